The summed E-state index contributed by atoms with van der Waals surface area (Å²) in [7, 11) is -2.03. The summed E-state index contributed by atoms with van der Waals surface area (Å²) >= 11 is 0. The molecular weight excluding hydrogens is 416 g/mol. The number of esters is 1. The molecule has 0 spiro atoms. The largest absolute Gasteiger partial charge is 0.454 e. The number of nitrogens with zero attached hydrogens (tertiary/aromatic N) is 2. The molecule has 3 heterocycles. The van der Waals surface area contributed by atoms with E-state index < -0.39 is 44.4 Å². The molecule has 9 heteroatoms. The van der Waals surface area contributed by atoms with Crippen molar-refractivity contribution in [3.63, 3.8) is 0 Å². The highest BCUT2D eigenvalue weighted by Crippen LogP contribution is 2.42. The van der Waals surface area contributed by atoms with Crippen LogP contribution in [0.2, 0.25) is 18.1 Å². The maximum Gasteiger partial charge on any atom is 0.338 e. The van der Waals surface area contributed by atoms with Crippen LogP contribution in [0.3, 0.4) is 0 Å². The van der Waals surface area contributed by atoms with E-state index in [9.17, 15) is 9.59 Å². The van der Waals surface area contributed by atoms with E-state index in [0.29, 0.717) is 12.2 Å². The number of carbonyl (C=O) groups excluding carboxylic acids is 1. The van der Waals surface area contributed by atoms with Crippen LogP contribution in [0.15, 0.2) is 47.4 Å². The lowest BCUT2D eigenvalue weighted by atomic mass is 10.1. The van der Waals surface area contributed by atoms with E-state index >= 15 is 0 Å². The van der Waals surface area contributed by atoms with Gasteiger partial charge >= 0.3 is 12.0 Å². The van der Waals surface area contributed by atoms with Crippen LogP contribution in [-0.4, -0.2) is 48.8 Å². The predicted molar refractivity (Wildman–Crippen MR) is 116 cm³/mol. The lowest BCUT2D eigenvalue weighted by Crippen LogP contribution is -2.48. The molecule has 1 aromatic carbocycles. The summed E-state index contributed by atoms with van der Waals surface area (Å²) in [6.45, 7) is 11.1. The molecule has 0 amide bonds. The van der Waals surface area contributed by atoms with Gasteiger partial charge in [-0.3, -0.25) is 9.36 Å². The Balaban J connectivity index is 1.58. The fraction of sp³-hybridized carbons (Fsp3) is 0.500. The summed E-state index contributed by atoms with van der Waals surface area (Å²) in [4.78, 5) is 28.4. The van der Waals surface area contributed by atoms with Gasteiger partial charge in [0.1, 0.15) is 6.10 Å². The average molecular weight is 445 g/mol. The first-order valence-electron chi connectivity index (χ1n) is 10.4. The lowest BCUT2D eigenvalue weighted by Gasteiger charge is -2.37. The first-order valence-corrected chi connectivity index (χ1v) is 13.3. The molecule has 1 saturated heterocycles. The van der Waals surface area contributed by atoms with Gasteiger partial charge in [-0.25, -0.2) is 4.79 Å². The molecule has 2 aromatic rings. The van der Waals surface area contributed by atoms with Crippen molar-refractivity contribution in [2.45, 2.75) is 63.4 Å². The first-order chi connectivity index (χ1) is 14.6. The molecule has 0 N–H and O–H groups in total. The van der Waals surface area contributed by atoms with Crippen molar-refractivity contribution in [3.8, 4) is 6.01 Å². The quantitative estimate of drug-likeness (QED) is 0.517. The van der Waals surface area contributed by atoms with Gasteiger partial charge in [-0.05, 0) is 30.3 Å². The highest BCUT2D eigenvalue weighted by Gasteiger charge is 2.54. The molecule has 0 saturated carbocycles. The Morgan fingerprint density at radius 3 is 2.58 bits per heavy atom. The molecule has 166 valence electrons. The summed E-state index contributed by atoms with van der Waals surface area (Å²) < 4.78 is 26.0. The Kier molecular flexibility index (Phi) is 5.53. The minimum Gasteiger partial charge on any atom is -0.454 e. The molecule has 0 unspecified atom stereocenters. The van der Waals surface area contributed by atoms with E-state index in [2.05, 4.69) is 38.8 Å². The number of rotatable bonds is 5. The Morgan fingerprint density at radius 2 is 1.90 bits per heavy atom. The van der Waals surface area contributed by atoms with Gasteiger partial charge in [0.25, 0.3) is 5.56 Å². The summed E-state index contributed by atoms with van der Waals surface area (Å²) in [5, 5.41) is 0.0391. The van der Waals surface area contributed by atoms with Gasteiger partial charge in [0.05, 0.1) is 12.2 Å². The summed E-state index contributed by atoms with van der Waals surface area (Å²) in [6, 6.07) is 10.3. The van der Waals surface area contributed by atoms with Gasteiger partial charge in [-0.2, -0.15) is 4.98 Å². The smallest absolute Gasteiger partial charge is 0.338 e. The van der Waals surface area contributed by atoms with Crippen LogP contribution in [0.4, 0.5) is 0 Å². The number of hydrogen-bond acceptors (Lipinski definition) is 7. The lowest BCUT2D eigenvalue weighted by molar-refractivity contribution is -0.0658. The van der Waals surface area contributed by atoms with Crippen molar-refractivity contribution in [3.05, 3.63) is 58.5 Å². The van der Waals surface area contributed by atoms with E-state index in [1.165, 1.54) is 6.07 Å². The second-order valence-electron chi connectivity index (χ2n) is 9.41. The molecule has 2 aliphatic rings. The number of hydrogen-bond donors (Lipinski definition) is 0. The zero-order valence-corrected chi connectivity index (χ0v) is 19.4. The number of ether oxygens (including phenoxy) is 3. The van der Waals surface area contributed by atoms with Crippen LogP contribution in [0.5, 0.6) is 6.01 Å². The molecule has 0 radical (unpaired) electrons. The molecule has 2 bridgehead atoms. The highest BCUT2D eigenvalue weighted by molar-refractivity contribution is 6.74. The Hall–Kier alpha value is -2.49. The second-order valence-corrected chi connectivity index (χ2v) is 14.2. The van der Waals surface area contributed by atoms with Gasteiger partial charge < -0.3 is 18.6 Å². The monoisotopic (exact) mass is 444 g/mol. The van der Waals surface area contributed by atoms with Gasteiger partial charge in [0.2, 0.25) is 0 Å². The van der Waals surface area contributed by atoms with Crippen molar-refractivity contribution in [1.29, 1.82) is 0 Å². The minimum absolute atomic E-state index is 0.0391. The fourth-order valence-electron chi connectivity index (χ4n) is 3.41. The molecular formula is C22H28N2O6Si. The number of aromatic nitrogens is 2. The molecule has 2 aliphatic heterocycles. The van der Waals surface area contributed by atoms with E-state index in [4.69, 9.17) is 18.6 Å². The minimum atomic E-state index is -2.03. The molecule has 31 heavy (non-hydrogen) atoms. The number of fused-ring (bicyclic) bond motifs is 4. The zero-order valence-electron chi connectivity index (χ0n) is 18.4. The summed E-state index contributed by atoms with van der Waals surface area (Å²) in [6.07, 6.45) is -0.896. The van der Waals surface area contributed by atoms with E-state index in [1.807, 2.05) is 6.07 Å². The average Bonchev–Trinajstić information content (AvgIpc) is 2.94. The predicted octanol–water partition coefficient (Wildman–Crippen LogP) is 3.15. The van der Waals surface area contributed by atoms with Crippen molar-refractivity contribution in [2.24, 2.45) is 0 Å². The van der Waals surface area contributed by atoms with Crippen molar-refractivity contribution >= 4 is 14.3 Å². The Labute approximate surface area is 182 Å². The van der Waals surface area contributed by atoms with E-state index in [0.717, 1.165) is 0 Å². The van der Waals surface area contributed by atoms with Crippen LogP contribution in [-0.2, 0) is 13.9 Å². The third kappa shape index (κ3) is 4.17. The third-order valence-corrected chi connectivity index (χ3v) is 10.8. The molecule has 1 fully saturated rings. The van der Waals surface area contributed by atoms with Gasteiger partial charge in [0.15, 0.2) is 26.8 Å². The van der Waals surface area contributed by atoms with Crippen molar-refractivity contribution < 1.29 is 23.4 Å². The number of carbonyl (C=O) groups is 1. The Morgan fingerprint density at radius 1 is 1.19 bits per heavy atom. The Bertz CT molecular complexity index is 1020. The second kappa shape index (κ2) is 7.89. The molecule has 0 aliphatic carbocycles. The van der Waals surface area contributed by atoms with E-state index in [-0.39, 0.29) is 11.0 Å². The van der Waals surface area contributed by atoms with Crippen LogP contribution in [0, 0.1) is 0 Å². The maximum absolute atomic E-state index is 12.7. The highest BCUT2D eigenvalue weighted by atomic mass is 28.4. The van der Waals surface area contributed by atoms with Crippen LogP contribution >= 0.6 is 0 Å². The van der Waals surface area contributed by atoms with Gasteiger partial charge in [-0.1, -0.05) is 39.0 Å². The fourth-order valence-corrected chi connectivity index (χ4v) is 4.42. The standard InChI is InChI=1S/C22H28N2O6Si/c1-22(2,3)31(4,5)27-13-15-17-18(29-20(26)14-9-7-6-8-10-14)19(28-15)24-12-11-16(25)23-21(24)30-17/h6-12,15,17-19H,13H2,1-5H3/t15-,17+,18-,19-/m1/s1. The zero-order chi connectivity index (χ0) is 22.4. The molecule has 4 rings (SSSR count). The summed E-state index contributed by atoms with van der Waals surface area (Å²) in [5.74, 6) is -0.462. The molecule has 4 atom stereocenters. The van der Waals surface area contributed by atoms with Gasteiger partial charge in [0, 0.05) is 12.3 Å². The SMILES string of the molecule is CC(C)(C)[Si](C)(C)OC[C@H]1O[C@@H]2[C@H](OC(=O)c3ccccc3)[C@H]1Oc1nc(=O)ccn12. The van der Waals surface area contributed by atoms with Crippen LogP contribution in [0.1, 0.15) is 37.4 Å². The third-order valence-electron chi connectivity index (χ3n) is 6.27. The van der Waals surface area contributed by atoms with E-state index in [1.54, 1.807) is 35.0 Å². The van der Waals surface area contributed by atoms with Gasteiger partial charge in [-0.15, -0.1) is 0 Å². The van der Waals surface area contributed by atoms with Crippen molar-refractivity contribution in [1.82, 2.24) is 9.55 Å². The van der Waals surface area contributed by atoms with Crippen LogP contribution in [0.25, 0.3) is 0 Å². The molecule has 8 nitrogen and oxygen atoms in total. The number of benzene rings is 1. The first kappa shape index (κ1) is 21.7. The maximum atomic E-state index is 12.7. The van der Waals surface area contributed by atoms with Crippen LogP contribution < -0.4 is 10.3 Å². The normalized spacial score (nSPS) is 24.9. The molecule has 1 aromatic heterocycles. The topological polar surface area (TPSA) is 88.9 Å². The summed E-state index contributed by atoms with van der Waals surface area (Å²) in [5.41, 5.74) is 0.0410. The van der Waals surface area contributed by atoms with Crippen molar-refractivity contribution in [2.75, 3.05) is 6.61 Å².